The van der Waals surface area contributed by atoms with E-state index in [0.717, 1.165) is 13.1 Å². The van der Waals surface area contributed by atoms with Gasteiger partial charge in [0, 0.05) is 13.1 Å². The molecule has 0 fully saturated rings. The molecule has 1 rings (SSSR count). The summed E-state index contributed by atoms with van der Waals surface area (Å²) in [4.78, 5) is 13.9. The van der Waals surface area contributed by atoms with Crippen LogP contribution in [0.2, 0.25) is 0 Å². The van der Waals surface area contributed by atoms with Gasteiger partial charge in [0.05, 0.1) is 12.6 Å². The number of hydrogen-bond acceptors (Lipinski definition) is 5. The van der Waals surface area contributed by atoms with Gasteiger partial charge in [0.2, 0.25) is 0 Å². The van der Waals surface area contributed by atoms with E-state index in [2.05, 4.69) is 5.10 Å². The van der Waals surface area contributed by atoms with Gasteiger partial charge in [-0.05, 0) is 34.6 Å². The van der Waals surface area contributed by atoms with E-state index in [0.29, 0.717) is 17.2 Å². The zero-order valence-electron chi connectivity index (χ0n) is 12.6. The fourth-order valence-corrected chi connectivity index (χ4v) is 1.97. The lowest BCUT2D eigenvalue weighted by atomic mass is 10.1. The van der Waals surface area contributed by atoms with E-state index in [1.54, 1.807) is 4.68 Å². The molecule has 2 N–H and O–H groups in total. The van der Waals surface area contributed by atoms with Crippen molar-refractivity contribution in [2.75, 3.05) is 30.8 Å². The van der Waals surface area contributed by atoms with Crippen molar-refractivity contribution in [3.63, 3.8) is 0 Å². The number of nitrogens with two attached hydrogens (primary N) is 1. The molecular weight excluding hydrogens is 244 g/mol. The van der Waals surface area contributed by atoms with Crippen molar-refractivity contribution >= 4 is 17.6 Å². The van der Waals surface area contributed by atoms with E-state index < -0.39 is 5.97 Å². The number of nitrogen functional groups attached to an aromatic ring is 1. The first-order valence-electron chi connectivity index (χ1n) is 6.50. The quantitative estimate of drug-likeness (QED) is 0.844. The van der Waals surface area contributed by atoms with Gasteiger partial charge >= 0.3 is 5.97 Å². The molecule has 0 amide bonds. The number of hydrogen-bond donors (Lipinski definition) is 1. The maximum Gasteiger partial charge on any atom is 0.345 e. The van der Waals surface area contributed by atoms with Crippen LogP contribution in [-0.4, -0.2) is 35.9 Å². The Kier molecular flexibility index (Phi) is 4.44. The van der Waals surface area contributed by atoms with Gasteiger partial charge in [-0.25, -0.2) is 9.48 Å². The van der Waals surface area contributed by atoms with Crippen molar-refractivity contribution in [1.29, 1.82) is 0 Å². The summed E-state index contributed by atoms with van der Waals surface area (Å²) in [6.45, 7) is 11.5. The van der Waals surface area contributed by atoms with E-state index in [4.69, 9.17) is 10.5 Å². The molecule has 0 spiro atoms. The van der Waals surface area contributed by atoms with Crippen molar-refractivity contribution in [1.82, 2.24) is 9.78 Å². The smallest absolute Gasteiger partial charge is 0.345 e. The Bertz CT molecular complexity index is 456. The van der Waals surface area contributed by atoms with Gasteiger partial charge < -0.3 is 15.4 Å². The number of methoxy groups -OCH3 is 1. The zero-order valence-corrected chi connectivity index (χ0v) is 12.6. The highest BCUT2D eigenvalue weighted by atomic mass is 16.5. The number of anilines is 2. The van der Waals surface area contributed by atoms with Gasteiger partial charge in [-0.3, -0.25) is 0 Å². The van der Waals surface area contributed by atoms with E-state index >= 15 is 0 Å². The molecule has 6 heteroatoms. The predicted octanol–water partition coefficient (Wildman–Crippen LogP) is 1.85. The Morgan fingerprint density at radius 3 is 2.26 bits per heavy atom. The molecule has 0 aromatic carbocycles. The monoisotopic (exact) mass is 268 g/mol. The van der Waals surface area contributed by atoms with Gasteiger partial charge in [0.1, 0.15) is 11.4 Å². The summed E-state index contributed by atoms with van der Waals surface area (Å²) < 4.78 is 6.50. The summed E-state index contributed by atoms with van der Waals surface area (Å²) in [5.74, 6) is 0.487. The lowest BCUT2D eigenvalue weighted by Crippen LogP contribution is -2.26. The predicted molar refractivity (Wildman–Crippen MR) is 76.5 cm³/mol. The molecule has 1 aromatic rings. The van der Waals surface area contributed by atoms with E-state index in [1.807, 2.05) is 39.5 Å². The molecule has 0 bridgehead atoms. The maximum absolute atomic E-state index is 11.9. The summed E-state index contributed by atoms with van der Waals surface area (Å²) in [5.41, 5.74) is 6.14. The number of ether oxygens (including phenoxy) is 1. The van der Waals surface area contributed by atoms with Gasteiger partial charge in [-0.2, -0.15) is 5.10 Å². The largest absolute Gasteiger partial charge is 0.465 e. The molecule has 0 saturated carbocycles. The molecule has 1 aromatic heterocycles. The SMILES string of the molecule is CCN(CC)c1nn(C(C)(C)C)c(N)c1C(=O)OC. The lowest BCUT2D eigenvalue weighted by molar-refractivity contribution is 0.0602. The molecule has 1 heterocycles. The van der Waals surface area contributed by atoms with Gasteiger partial charge in [0.25, 0.3) is 0 Å². The van der Waals surface area contributed by atoms with Crippen LogP contribution in [0.1, 0.15) is 45.0 Å². The van der Waals surface area contributed by atoms with Crippen molar-refractivity contribution in [2.24, 2.45) is 0 Å². The number of rotatable bonds is 4. The third-order valence-corrected chi connectivity index (χ3v) is 2.99. The van der Waals surface area contributed by atoms with Crippen LogP contribution in [0.15, 0.2) is 0 Å². The highest BCUT2D eigenvalue weighted by molar-refractivity contribution is 5.99. The number of carbonyl (C=O) groups excluding carboxylic acids is 1. The maximum atomic E-state index is 11.9. The Balaban J connectivity index is 3.48. The first-order valence-corrected chi connectivity index (χ1v) is 6.50. The van der Waals surface area contributed by atoms with Crippen molar-refractivity contribution < 1.29 is 9.53 Å². The summed E-state index contributed by atoms with van der Waals surface area (Å²) in [6.07, 6.45) is 0. The Morgan fingerprint density at radius 1 is 1.37 bits per heavy atom. The molecule has 0 aliphatic carbocycles. The normalized spacial score (nSPS) is 11.5. The molecule has 19 heavy (non-hydrogen) atoms. The van der Waals surface area contributed by atoms with Crippen LogP contribution in [0.3, 0.4) is 0 Å². The molecule has 0 aliphatic rings. The summed E-state index contributed by atoms with van der Waals surface area (Å²) in [5, 5.41) is 4.51. The highest BCUT2D eigenvalue weighted by Crippen LogP contribution is 2.30. The second-order valence-electron chi connectivity index (χ2n) is 5.33. The first-order chi connectivity index (χ1) is 8.77. The summed E-state index contributed by atoms with van der Waals surface area (Å²) in [6, 6.07) is 0. The summed E-state index contributed by atoms with van der Waals surface area (Å²) >= 11 is 0. The number of esters is 1. The van der Waals surface area contributed by atoms with Crippen molar-refractivity contribution in [2.45, 2.75) is 40.2 Å². The van der Waals surface area contributed by atoms with Gasteiger partial charge in [0.15, 0.2) is 5.82 Å². The molecule has 0 unspecified atom stereocenters. The van der Waals surface area contributed by atoms with E-state index in [1.165, 1.54) is 7.11 Å². The molecular formula is C13H24N4O2. The topological polar surface area (TPSA) is 73.4 Å². The van der Waals surface area contributed by atoms with Crippen molar-refractivity contribution in [3.8, 4) is 0 Å². The van der Waals surface area contributed by atoms with Crippen LogP contribution in [0, 0.1) is 0 Å². The highest BCUT2D eigenvalue weighted by Gasteiger charge is 2.29. The molecule has 6 nitrogen and oxygen atoms in total. The lowest BCUT2D eigenvalue weighted by Gasteiger charge is -2.21. The number of aromatic nitrogens is 2. The Labute approximate surface area is 114 Å². The first kappa shape index (κ1) is 15.3. The molecule has 0 radical (unpaired) electrons. The Hall–Kier alpha value is -1.72. The van der Waals surface area contributed by atoms with E-state index in [-0.39, 0.29) is 5.54 Å². The minimum Gasteiger partial charge on any atom is -0.465 e. The Morgan fingerprint density at radius 2 is 1.89 bits per heavy atom. The van der Waals surface area contributed by atoms with Crippen LogP contribution in [0.4, 0.5) is 11.6 Å². The fourth-order valence-electron chi connectivity index (χ4n) is 1.97. The summed E-state index contributed by atoms with van der Waals surface area (Å²) in [7, 11) is 1.35. The van der Waals surface area contributed by atoms with Crippen LogP contribution in [0.25, 0.3) is 0 Å². The third kappa shape index (κ3) is 2.83. The second-order valence-corrected chi connectivity index (χ2v) is 5.33. The minimum absolute atomic E-state index is 0.293. The average molecular weight is 268 g/mol. The number of nitrogens with zero attached hydrogens (tertiary/aromatic N) is 3. The average Bonchev–Trinajstić information content (AvgIpc) is 2.68. The second kappa shape index (κ2) is 5.50. The van der Waals surface area contributed by atoms with Crippen molar-refractivity contribution in [3.05, 3.63) is 5.56 Å². The molecule has 0 aliphatic heterocycles. The zero-order chi connectivity index (χ0) is 14.8. The number of carbonyl (C=O) groups is 1. The van der Waals surface area contributed by atoms with Crippen LogP contribution in [0.5, 0.6) is 0 Å². The fraction of sp³-hybridized carbons (Fsp3) is 0.692. The third-order valence-electron chi connectivity index (χ3n) is 2.99. The van der Waals surface area contributed by atoms with Crippen LogP contribution >= 0.6 is 0 Å². The van der Waals surface area contributed by atoms with E-state index in [9.17, 15) is 4.79 Å². The molecule has 0 atom stereocenters. The molecule has 0 saturated heterocycles. The minimum atomic E-state index is -0.449. The van der Waals surface area contributed by atoms with Gasteiger partial charge in [-0.15, -0.1) is 0 Å². The van der Waals surface area contributed by atoms with Crippen LogP contribution < -0.4 is 10.6 Å². The molecule has 108 valence electrons. The standard InChI is InChI=1S/C13H24N4O2/c1-7-16(8-2)11-9(12(18)19-6)10(14)17(15-11)13(3,4)5/h7-8,14H2,1-6H3. The van der Waals surface area contributed by atoms with Gasteiger partial charge in [-0.1, -0.05) is 0 Å². The van der Waals surface area contributed by atoms with Crippen LogP contribution in [-0.2, 0) is 10.3 Å².